The SMILES string of the molecule is CCn1ncc2c1-c1cnc(N)c(c1)O[C@@H](C)c1cc(C)ccc1-c1c(cnn1C)C2. The summed E-state index contributed by atoms with van der Waals surface area (Å²) in [5.74, 6) is 0.963. The first-order chi connectivity index (χ1) is 15.0. The van der Waals surface area contributed by atoms with E-state index >= 15 is 0 Å². The number of aromatic nitrogens is 5. The Balaban J connectivity index is 1.82. The molecule has 0 aliphatic carbocycles. The molecule has 0 amide bonds. The zero-order valence-corrected chi connectivity index (χ0v) is 18.3. The van der Waals surface area contributed by atoms with Gasteiger partial charge in [-0.05, 0) is 26.8 Å². The van der Waals surface area contributed by atoms with Gasteiger partial charge in [0.2, 0.25) is 0 Å². The molecule has 1 aromatic carbocycles. The van der Waals surface area contributed by atoms with Gasteiger partial charge in [-0.3, -0.25) is 9.36 Å². The number of nitrogen functional groups attached to an aromatic ring is 1. The van der Waals surface area contributed by atoms with Gasteiger partial charge in [0.05, 0.1) is 23.8 Å². The fraction of sp³-hybridized carbons (Fsp3) is 0.292. The topological polar surface area (TPSA) is 83.8 Å². The summed E-state index contributed by atoms with van der Waals surface area (Å²) in [4.78, 5) is 4.43. The van der Waals surface area contributed by atoms with E-state index in [2.05, 4.69) is 47.2 Å². The van der Waals surface area contributed by atoms with Crippen LogP contribution in [0.15, 0.2) is 42.9 Å². The van der Waals surface area contributed by atoms with E-state index in [1.54, 1.807) is 6.20 Å². The minimum atomic E-state index is -0.216. The van der Waals surface area contributed by atoms with Crippen molar-refractivity contribution in [2.45, 2.75) is 39.8 Å². The van der Waals surface area contributed by atoms with Crippen molar-refractivity contribution in [2.24, 2.45) is 7.05 Å². The quantitative estimate of drug-likeness (QED) is 0.502. The monoisotopic (exact) mass is 414 g/mol. The molecule has 4 heterocycles. The second-order valence-corrected chi connectivity index (χ2v) is 8.11. The number of pyridine rings is 1. The number of aryl methyl sites for hydroxylation is 3. The Bertz CT molecular complexity index is 1290. The second kappa shape index (κ2) is 7.27. The summed E-state index contributed by atoms with van der Waals surface area (Å²) >= 11 is 0. The van der Waals surface area contributed by atoms with Crippen molar-refractivity contribution in [2.75, 3.05) is 5.73 Å². The van der Waals surface area contributed by atoms with Crippen LogP contribution in [0.25, 0.3) is 22.5 Å². The number of fused-ring (bicyclic) bond motifs is 7. The standard InChI is InChI=1S/C24H26N6O/c1-5-30-22-16(13-28-30)9-17-12-27-29(4)23(17)19-7-6-14(2)8-20(19)15(3)31-21-10-18(22)11-26-24(21)25/h6-8,10-13,15H,5,9H2,1-4H3,(H2,25,26)/t15-/m0/s1. The third-order valence-corrected chi connectivity index (χ3v) is 5.97. The van der Waals surface area contributed by atoms with Crippen LogP contribution in [0.3, 0.4) is 0 Å². The van der Waals surface area contributed by atoms with Crippen LogP contribution in [0.4, 0.5) is 5.82 Å². The highest BCUT2D eigenvalue weighted by molar-refractivity contribution is 5.72. The highest BCUT2D eigenvalue weighted by Gasteiger charge is 2.24. The van der Waals surface area contributed by atoms with Crippen molar-refractivity contribution < 1.29 is 4.74 Å². The van der Waals surface area contributed by atoms with Crippen LogP contribution in [-0.4, -0.2) is 24.5 Å². The maximum absolute atomic E-state index is 6.39. The minimum Gasteiger partial charge on any atom is -0.482 e. The molecular formula is C24H26N6O. The Morgan fingerprint density at radius 1 is 1.10 bits per heavy atom. The average Bonchev–Trinajstić information content (AvgIpc) is 3.32. The molecule has 1 aliphatic heterocycles. The number of nitrogens with two attached hydrogens (primary N) is 1. The zero-order chi connectivity index (χ0) is 21.7. The molecule has 158 valence electrons. The highest BCUT2D eigenvalue weighted by atomic mass is 16.5. The van der Waals surface area contributed by atoms with Crippen LogP contribution in [0, 0.1) is 6.92 Å². The van der Waals surface area contributed by atoms with Crippen molar-refractivity contribution in [3.63, 3.8) is 0 Å². The van der Waals surface area contributed by atoms with Crippen LogP contribution >= 0.6 is 0 Å². The zero-order valence-electron chi connectivity index (χ0n) is 18.3. The van der Waals surface area contributed by atoms with Crippen molar-refractivity contribution in [3.05, 3.63) is 65.1 Å². The highest BCUT2D eigenvalue weighted by Crippen LogP contribution is 2.38. The molecule has 31 heavy (non-hydrogen) atoms. The summed E-state index contributed by atoms with van der Waals surface area (Å²) in [5, 5.41) is 9.22. The Hall–Kier alpha value is -3.61. The molecule has 0 spiro atoms. The smallest absolute Gasteiger partial charge is 0.166 e. The Kier molecular flexibility index (Phi) is 4.54. The van der Waals surface area contributed by atoms with Crippen LogP contribution in [0.2, 0.25) is 0 Å². The summed E-state index contributed by atoms with van der Waals surface area (Å²) in [7, 11) is 1.99. The largest absolute Gasteiger partial charge is 0.482 e. The lowest BCUT2D eigenvalue weighted by molar-refractivity contribution is 0.228. The van der Waals surface area contributed by atoms with Gasteiger partial charge < -0.3 is 10.5 Å². The van der Waals surface area contributed by atoms with Gasteiger partial charge in [0, 0.05) is 54.0 Å². The third-order valence-electron chi connectivity index (χ3n) is 5.97. The number of nitrogens with zero attached hydrogens (tertiary/aromatic N) is 5. The minimum absolute atomic E-state index is 0.216. The van der Waals surface area contributed by atoms with E-state index in [1.807, 2.05) is 41.8 Å². The first-order valence-electron chi connectivity index (χ1n) is 10.5. The van der Waals surface area contributed by atoms with Gasteiger partial charge in [0.15, 0.2) is 11.6 Å². The molecule has 7 heteroatoms. The van der Waals surface area contributed by atoms with Crippen LogP contribution < -0.4 is 10.5 Å². The van der Waals surface area contributed by atoms with E-state index in [0.717, 1.165) is 52.2 Å². The van der Waals surface area contributed by atoms with Gasteiger partial charge in [-0.2, -0.15) is 10.2 Å². The Labute approximate surface area is 181 Å². The Morgan fingerprint density at radius 2 is 1.87 bits per heavy atom. The summed E-state index contributed by atoms with van der Waals surface area (Å²) in [6.07, 6.45) is 6.20. The first-order valence-corrected chi connectivity index (χ1v) is 10.5. The molecule has 3 aromatic heterocycles. The van der Waals surface area contributed by atoms with Crippen LogP contribution in [-0.2, 0) is 20.0 Å². The predicted molar refractivity (Wildman–Crippen MR) is 121 cm³/mol. The van der Waals surface area contributed by atoms with Gasteiger partial charge in [-0.1, -0.05) is 23.8 Å². The molecule has 2 bridgehead atoms. The maximum atomic E-state index is 6.39. The molecular weight excluding hydrogens is 388 g/mol. The van der Waals surface area contributed by atoms with Crippen molar-refractivity contribution >= 4 is 5.82 Å². The first kappa shape index (κ1) is 19.4. The number of hydrogen-bond donors (Lipinski definition) is 1. The van der Waals surface area contributed by atoms with E-state index < -0.39 is 0 Å². The van der Waals surface area contributed by atoms with Crippen LogP contribution in [0.1, 0.15) is 42.2 Å². The number of hydrogen-bond acceptors (Lipinski definition) is 5. The predicted octanol–water partition coefficient (Wildman–Crippen LogP) is 4.30. The lowest BCUT2D eigenvalue weighted by Gasteiger charge is -2.22. The fourth-order valence-corrected chi connectivity index (χ4v) is 4.46. The summed E-state index contributed by atoms with van der Waals surface area (Å²) in [5.41, 5.74) is 14.9. The molecule has 0 radical (unpaired) electrons. The number of anilines is 1. The van der Waals surface area contributed by atoms with Gasteiger partial charge >= 0.3 is 0 Å². The lowest BCUT2D eigenvalue weighted by atomic mass is 9.93. The van der Waals surface area contributed by atoms with Crippen molar-refractivity contribution in [1.29, 1.82) is 0 Å². The van der Waals surface area contributed by atoms with Gasteiger partial charge in [0.25, 0.3) is 0 Å². The van der Waals surface area contributed by atoms with Crippen LogP contribution in [0.5, 0.6) is 5.75 Å². The molecule has 5 rings (SSSR count). The van der Waals surface area contributed by atoms with Gasteiger partial charge in [-0.15, -0.1) is 0 Å². The summed E-state index contributed by atoms with van der Waals surface area (Å²) in [6, 6.07) is 8.44. The van der Waals surface area contributed by atoms with E-state index in [0.29, 0.717) is 11.6 Å². The molecule has 0 fully saturated rings. The number of benzene rings is 1. The molecule has 7 nitrogen and oxygen atoms in total. The van der Waals surface area contributed by atoms with E-state index in [4.69, 9.17) is 10.5 Å². The van der Waals surface area contributed by atoms with Crippen molar-refractivity contribution in [1.82, 2.24) is 24.5 Å². The fourth-order valence-electron chi connectivity index (χ4n) is 4.46. The molecule has 0 unspecified atom stereocenters. The van der Waals surface area contributed by atoms with E-state index in [9.17, 15) is 0 Å². The Morgan fingerprint density at radius 3 is 2.68 bits per heavy atom. The molecule has 1 aliphatic rings. The van der Waals surface area contributed by atoms with Crippen molar-refractivity contribution in [3.8, 4) is 28.3 Å². The van der Waals surface area contributed by atoms with E-state index in [1.165, 1.54) is 5.56 Å². The normalized spacial score (nSPS) is 15.2. The average molecular weight is 415 g/mol. The summed E-state index contributed by atoms with van der Waals surface area (Å²) < 4.78 is 10.3. The maximum Gasteiger partial charge on any atom is 0.166 e. The second-order valence-electron chi connectivity index (χ2n) is 8.11. The molecule has 0 saturated heterocycles. The van der Waals surface area contributed by atoms with Gasteiger partial charge in [-0.25, -0.2) is 4.98 Å². The lowest BCUT2D eigenvalue weighted by Crippen LogP contribution is -2.10. The molecule has 2 N–H and O–H groups in total. The van der Waals surface area contributed by atoms with E-state index in [-0.39, 0.29) is 6.10 Å². The number of ether oxygens (including phenoxy) is 1. The number of rotatable bonds is 1. The third kappa shape index (κ3) is 3.17. The van der Waals surface area contributed by atoms with Gasteiger partial charge in [0.1, 0.15) is 6.10 Å². The molecule has 1 atom stereocenters. The molecule has 4 aromatic rings. The molecule has 0 saturated carbocycles. The summed E-state index contributed by atoms with van der Waals surface area (Å²) in [6.45, 7) is 6.99.